The summed E-state index contributed by atoms with van der Waals surface area (Å²) in [5.41, 5.74) is 5.37. The number of hydrogen-bond acceptors (Lipinski definition) is 3. The highest BCUT2D eigenvalue weighted by atomic mass is 28.2. The molecule has 0 aromatic heterocycles. The standard InChI is InChI=1S/C7H19NO2Si/c1-9-7(10-2)6-11-5-3-4-8/h7H,3-6,8,11H2,1-2H3. The van der Waals surface area contributed by atoms with Crippen LogP contribution in [0.2, 0.25) is 12.1 Å². The quantitative estimate of drug-likeness (QED) is 0.337. The van der Waals surface area contributed by atoms with Crippen molar-refractivity contribution in [1.82, 2.24) is 0 Å². The molecule has 0 spiro atoms. The Bertz CT molecular complexity index is 78.8. The Morgan fingerprint density at radius 2 is 2.00 bits per heavy atom. The predicted octanol–water partition coefficient (Wildman–Crippen LogP) is -0.0405. The second-order valence-corrected chi connectivity index (χ2v) is 4.53. The summed E-state index contributed by atoms with van der Waals surface area (Å²) < 4.78 is 10.1. The Labute approximate surface area is 71.1 Å². The van der Waals surface area contributed by atoms with Crippen LogP contribution in [0.3, 0.4) is 0 Å². The molecule has 11 heavy (non-hydrogen) atoms. The molecule has 0 atom stereocenters. The van der Waals surface area contributed by atoms with Crippen LogP contribution in [-0.2, 0) is 9.47 Å². The average molecular weight is 177 g/mol. The number of ether oxygens (including phenoxy) is 2. The lowest BCUT2D eigenvalue weighted by atomic mass is 10.5. The van der Waals surface area contributed by atoms with E-state index in [4.69, 9.17) is 15.2 Å². The molecule has 0 aliphatic carbocycles. The van der Waals surface area contributed by atoms with Gasteiger partial charge in [-0.1, -0.05) is 6.04 Å². The maximum atomic E-state index is 5.37. The molecule has 0 radical (unpaired) electrons. The minimum atomic E-state index is 0.000895. The van der Waals surface area contributed by atoms with E-state index in [0.717, 1.165) is 19.0 Å². The van der Waals surface area contributed by atoms with E-state index in [1.807, 2.05) is 0 Å². The number of methoxy groups -OCH3 is 2. The highest BCUT2D eigenvalue weighted by Gasteiger charge is 2.03. The highest BCUT2D eigenvalue weighted by molar-refractivity contribution is 6.35. The SMILES string of the molecule is COC(C[SiH2]CCCN)OC. The van der Waals surface area contributed by atoms with Crippen LogP contribution in [0, 0.1) is 0 Å². The van der Waals surface area contributed by atoms with Gasteiger partial charge in [0.25, 0.3) is 0 Å². The van der Waals surface area contributed by atoms with Crippen LogP contribution < -0.4 is 5.73 Å². The summed E-state index contributed by atoms with van der Waals surface area (Å²) in [5, 5.41) is 0. The topological polar surface area (TPSA) is 44.5 Å². The molecule has 0 aromatic rings. The van der Waals surface area contributed by atoms with Crippen LogP contribution in [-0.4, -0.2) is 36.6 Å². The summed E-state index contributed by atoms with van der Waals surface area (Å²) >= 11 is 0. The molecule has 0 unspecified atom stereocenters. The molecule has 0 aliphatic rings. The molecule has 0 heterocycles. The molecule has 0 bridgehead atoms. The molecule has 0 aliphatic heterocycles. The van der Waals surface area contributed by atoms with E-state index in [1.54, 1.807) is 14.2 Å². The van der Waals surface area contributed by atoms with E-state index in [-0.39, 0.29) is 15.8 Å². The van der Waals surface area contributed by atoms with Crippen LogP contribution >= 0.6 is 0 Å². The van der Waals surface area contributed by atoms with E-state index in [0.29, 0.717) is 0 Å². The largest absolute Gasteiger partial charge is 0.356 e. The van der Waals surface area contributed by atoms with Crippen molar-refractivity contribution in [1.29, 1.82) is 0 Å². The zero-order valence-corrected chi connectivity index (χ0v) is 8.92. The molecular weight excluding hydrogens is 158 g/mol. The zero-order chi connectivity index (χ0) is 8.53. The van der Waals surface area contributed by atoms with Gasteiger partial charge in [-0.3, -0.25) is 0 Å². The summed E-state index contributed by atoms with van der Waals surface area (Å²) in [6, 6.07) is 2.41. The molecule has 0 saturated carbocycles. The van der Waals surface area contributed by atoms with Crippen molar-refractivity contribution in [3.63, 3.8) is 0 Å². The fourth-order valence-electron chi connectivity index (χ4n) is 0.964. The van der Waals surface area contributed by atoms with Gasteiger partial charge in [0.1, 0.15) is 0 Å². The van der Waals surface area contributed by atoms with Gasteiger partial charge in [-0.2, -0.15) is 0 Å². The summed E-state index contributed by atoms with van der Waals surface area (Å²) in [6.07, 6.45) is 1.19. The molecule has 0 saturated heterocycles. The van der Waals surface area contributed by atoms with Crippen LogP contribution in [0.5, 0.6) is 0 Å². The average Bonchev–Trinajstić information content (AvgIpc) is 2.05. The van der Waals surface area contributed by atoms with Crippen molar-refractivity contribution < 1.29 is 9.47 Å². The summed E-state index contributed by atoms with van der Waals surface area (Å²) in [7, 11) is 3.37. The van der Waals surface area contributed by atoms with E-state index in [1.165, 1.54) is 6.04 Å². The lowest BCUT2D eigenvalue weighted by Crippen LogP contribution is -2.15. The first-order valence-corrected chi connectivity index (χ1v) is 6.10. The third-order valence-electron chi connectivity index (χ3n) is 1.67. The molecule has 4 heteroatoms. The molecule has 0 fully saturated rings. The van der Waals surface area contributed by atoms with Gasteiger partial charge in [0.05, 0.1) is 0 Å². The predicted molar refractivity (Wildman–Crippen MR) is 49.6 cm³/mol. The van der Waals surface area contributed by atoms with Gasteiger partial charge < -0.3 is 15.2 Å². The van der Waals surface area contributed by atoms with Crippen molar-refractivity contribution >= 4 is 9.52 Å². The van der Waals surface area contributed by atoms with Crippen molar-refractivity contribution in [3.8, 4) is 0 Å². The molecular formula is C7H19NO2Si. The van der Waals surface area contributed by atoms with E-state index in [2.05, 4.69) is 0 Å². The van der Waals surface area contributed by atoms with Gasteiger partial charge >= 0.3 is 0 Å². The highest BCUT2D eigenvalue weighted by Crippen LogP contribution is 2.00. The minimum Gasteiger partial charge on any atom is -0.356 e. The van der Waals surface area contributed by atoms with Crippen molar-refractivity contribution in [2.45, 2.75) is 24.8 Å². The smallest absolute Gasteiger partial charge is 0.153 e. The zero-order valence-electron chi connectivity index (χ0n) is 7.51. The minimum absolute atomic E-state index is 0.000895. The lowest BCUT2D eigenvalue weighted by Gasteiger charge is -2.11. The monoisotopic (exact) mass is 177 g/mol. The number of rotatable bonds is 7. The maximum absolute atomic E-state index is 5.37. The second kappa shape index (κ2) is 8.20. The number of hydrogen-bond donors (Lipinski definition) is 1. The summed E-state index contributed by atoms with van der Waals surface area (Å²) in [5.74, 6) is 0. The third kappa shape index (κ3) is 6.49. The first-order chi connectivity index (χ1) is 5.35. The Hall–Kier alpha value is 0.0969. The van der Waals surface area contributed by atoms with Gasteiger partial charge in [-0.25, -0.2) is 0 Å². The first-order valence-electron chi connectivity index (χ1n) is 4.10. The summed E-state index contributed by atoms with van der Waals surface area (Å²) in [4.78, 5) is 0. The first kappa shape index (κ1) is 11.1. The molecule has 68 valence electrons. The number of nitrogens with two attached hydrogens (primary N) is 1. The van der Waals surface area contributed by atoms with Crippen molar-refractivity contribution in [2.75, 3.05) is 20.8 Å². The molecule has 0 aromatic carbocycles. The van der Waals surface area contributed by atoms with E-state index >= 15 is 0 Å². The van der Waals surface area contributed by atoms with Crippen molar-refractivity contribution in [2.24, 2.45) is 5.73 Å². The Kier molecular flexibility index (Phi) is 8.27. The fourth-order valence-corrected chi connectivity index (χ4v) is 2.70. The van der Waals surface area contributed by atoms with Gasteiger partial charge in [0.15, 0.2) is 6.29 Å². The summed E-state index contributed by atoms with van der Waals surface area (Å²) in [6.45, 7) is 0.817. The van der Waals surface area contributed by atoms with Crippen molar-refractivity contribution in [3.05, 3.63) is 0 Å². The van der Waals surface area contributed by atoms with Crippen LogP contribution in [0.25, 0.3) is 0 Å². The van der Waals surface area contributed by atoms with Gasteiger partial charge in [-0.05, 0) is 19.0 Å². The molecule has 2 N–H and O–H groups in total. The van der Waals surface area contributed by atoms with Gasteiger partial charge in [0.2, 0.25) is 0 Å². The van der Waals surface area contributed by atoms with E-state index < -0.39 is 0 Å². The fraction of sp³-hybridized carbons (Fsp3) is 1.00. The normalized spacial score (nSPS) is 12.0. The molecule has 0 rings (SSSR count). The van der Waals surface area contributed by atoms with Crippen LogP contribution in [0.4, 0.5) is 0 Å². The Morgan fingerprint density at radius 1 is 1.36 bits per heavy atom. The third-order valence-corrected chi connectivity index (χ3v) is 3.55. The van der Waals surface area contributed by atoms with E-state index in [9.17, 15) is 0 Å². The van der Waals surface area contributed by atoms with Gasteiger partial charge in [0, 0.05) is 23.7 Å². The van der Waals surface area contributed by atoms with Gasteiger partial charge in [-0.15, -0.1) is 0 Å². The Balaban J connectivity index is 3.07. The van der Waals surface area contributed by atoms with Crippen LogP contribution in [0.15, 0.2) is 0 Å². The second-order valence-electron chi connectivity index (χ2n) is 2.54. The van der Waals surface area contributed by atoms with Crippen LogP contribution in [0.1, 0.15) is 6.42 Å². The molecule has 3 nitrogen and oxygen atoms in total. The Morgan fingerprint density at radius 3 is 2.45 bits per heavy atom. The maximum Gasteiger partial charge on any atom is 0.153 e. The molecule has 0 amide bonds. The lowest BCUT2D eigenvalue weighted by molar-refractivity contribution is -0.0876.